The summed E-state index contributed by atoms with van der Waals surface area (Å²) in [5, 5.41) is 24.7. The molecule has 2 aromatic rings. The number of aromatic hydroxyl groups is 1. The van der Waals surface area contributed by atoms with Gasteiger partial charge in [-0.2, -0.15) is 5.10 Å². The lowest BCUT2D eigenvalue weighted by Gasteiger charge is -2.06. The lowest BCUT2D eigenvalue weighted by Crippen LogP contribution is -2.24. The minimum Gasteiger partial charge on any atom is -0.507 e. The van der Waals surface area contributed by atoms with E-state index in [1.165, 1.54) is 18.3 Å². The molecule has 0 heterocycles. The number of hydrogen-bond donors (Lipinski definition) is 2. The highest BCUT2D eigenvalue weighted by atomic mass is 127. The van der Waals surface area contributed by atoms with Crippen LogP contribution < -0.4 is 10.2 Å². The lowest BCUT2D eigenvalue weighted by atomic mass is 10.1. The highest BCUT2D eigenvalue weighted by molar-refractivity contribution is 14.1. The molecule has 136 valence electrons. The molecule has 0 saturated carbocycles. The van der Waals surface area contributed by atoms with Crippen LogP contribution in [0.1, 0.15) is 16.7 Å². The van der Waals surface area contributed by atoms with Gasteiger partial charge in [-0.1, -0.05) is 6.07 Å². The van der Waals surface area contributed by atoms with Crippen LogP contribution in [0.2, 0.25) is 0 Å². The molecular formula is C17H16IN3O5. The van der Waals surface area contributed by atoms with Gasteiger partial charge in [0.2, 0.25) is 0 Å². The maximum absolute atomic E-state index is 11.8. The second-order valence-corrected chi connectivity index (χ2v) is 6.72. The van der Waals surface area contributed by atoms with Crippen LogP contribution in [0.3, 0.4) is 0 Å². The summed E-state index contributed by atoms with van der Waals surface area (Å²) in [5.41, 5.74) is 3.91. The molecule has 0 atom stereocenters. The van der Waals surface area contributed by atoms with Crippen LogP contribution in [0.5, 0.6) is 11.5 Å². The van der Waals surface area contributed by atoms with Crippen LogP contribution in [0, 0.1) is 27.5 Å². The van der Waals surface area contributed by atoms with Crippen molar-refractivity contribution in [3.63, 3.8) is 0 Å². The molecule has 0 spiro atoms. The van der Waals surface area contributed by atoms with E-state index in [-0.39, 0.29) is 17.2 Å². The van der Waals surface area contributed by atoms with Gasteiger partial charge in [-0.3, -0.25) is 14.9 Å². The molecule has 2 N–H and O–H groups in total. The molecule has 8 nitrogen and oxygen atoms in total. The Bertz CT molecular complexity index is 883. The number of carbonyl (C=O) groups is 1. The van der Waals surface area contributed by atoms with Crippen molar-refractivity contribution in [1.82, 2.24) is 5.43 Å². The highest BCUT2D eigenvalue weighted by Gasteiger charge is 2.16. The number of ether oxygens (including phenoxy) is 1. The fourth-order valence-corrected chi connectivity index (χ4v) is 2.90. The predicted molar refractivity (Wildman–Crippen MR) is 105 cm³/mol. The fourth-order valence-electron chi connectivity index (χ4n) is 2.10. The van der Waals surface area contributed by atoms with Gasteiger partial charge in [0, 0.05) is 15.2 Å². The Morgan fingerprint density at radius 3 is 2.81 bits per heavy atom. The maximum atomic E-state index is 11.8. The number of benzene rings is 2. The molecule has 0 unspecified atom stereocenters. The smallest absolute Gasteiger partial charge is 0.311 e. The summed E-state index contributed by atoms with van der Waals surface area (Å²) < 4.78 is 6.12. The standard InChI is InChI=1S/C17H16IN3O5/c1-10-3-4-15(14(5-10)21(24)25)26-9-16(22)20-19-8-12-7-13(18)6-11(2)17(12)23/h3-8,23H,9H2,1-2H3,(H,20,22)/b19-8-. The van der Waals surface area contributed by atoms with Crippen molar-refractivity contribution in [2.24, 2.45) is 5.10 Å². The van der Waals surface area contributed by atoms with Crippen LogP contribution in [-0.4, -0.2) is 28.8 Å². The molecular weight excluding hydrogens is 453 g/mol. The van der Waals surface area contributed by atoms with Gasteiger partial charge in [0.25, 0.3) is 5.91 Å². The summed E-state index contributed by atoms with van der Waals surface area (Å²) >= 11 is 2.11. The number of nitro benzene ring substituents is 1. The van der Waals surface area contributed by atoms with Crippen molar-refractivity contribution < 1.29 is 19.6 Å². The lowest BCUT2D eigenvalue weighted by molar-refractivity contribution is -0.385. The van der Waals surface area contributed by atoms with E-state index < -0.39 is 17.4 Å². The number of nitrogens with zero attached hydrogens (tertiary/aromatic N) is 2. The highest BCUT2D eigenvalue weighted by Crippen LogP contribution is 2.27. The van der Waals surface area contributed by atoms with E-state index in [0.29, 0.717) is 16.7 Å². The van der Waals surface area contributed by atoms with Crippen LogP contribution >= 0.6 is 22.6 Å². The van der Waals surface area contributed by atoms with Gasteiger partial charge in [-0.15, -0.1) is 0 Å². The topological polar surface area (TPSA) is 114 Å². The molecule has 9 heteroatoms. The normalized spacial score (nSPS) is 10.7. The summed E-state index contributed by atoms with van der Waals surface area (Å²) in [6.45, 7) is 3.05. The zero-order chi connectivity index (χ0) is 19.3. The minimum atomic E-state index is -0.585. The molecule has 1 amide bonds. The first-order chi connectivity index (χ1) is 12.3. The number of amides is 1. The first-order valence-electron chi connectivity index (χ1n) is 7.47. The number of rotatable bonds is 6. The van der Waals surface area contributed by atoms with Gasteiger partial charge >= 0.3 is 5.69 Å². The van der Waals surface area contributed by atoms with E-state index in [2.05, 4.69) is 33.1 Å². The van der Waals surface area contributed by atoms with Gasteiger partial charge < -0.3 is 9.84 Å². The van der Waals surface area contributed by atoms with Gasteiger partial charge in [0.1, 0.15) is 5.75 Å². The van der Waals surface area contributed by atoms with Crippen molar-refractivity contribution in [3.8, 4) is 11.5 Å². The number of aryl methyl sites for hydroxylation is 2. The van der Waals surface area contributed by atoms with E-state index >= 15 is 0 Å². The van der Waals surface area contributed by atoms with Crippen LogP contribution in [0.25, 0.3) is 0 Å². The van der Waals surface area contributed by atoms with Crippen molar-refractivity contribution in [2.75, 3.05) is 6.61 Å². The Balaban J connectivity index is 1.97. The number of hydrogen-bond acceptors (Lipinski definition) is 6. The Hall–Kier alpha value is -2.69. The molecule has 0 aliphatic carbocycles. The Morgan fingerprint density at radius 2 is 2.12 bits per heavy atom. The van der Waals surface area contributed by atoms with Crippen molar-refractivity contribution in [2.45, 2.75) is 13.8 Å². The molecule has 0 bridgehead atoms. The quantitative estimate of drug-likeness (QED) is 0.292. The molecule has 0 fully saturated rings. The first kappa shape index (κ1) is 19.6. The summed E-state index contributed by atoms with van der Waals surface area (Å²) in [7, 11) is 0. The molecule has 0 aromatic heterocycles. The molecule has 0 radical (unpaired) electrons. The monoisotopic (exact) mass is 469 g/mol. The molecule has 0 saturated heterocycles. The Morgan fingerprint density at radius 1 is 1.38 bits per heavy atom. The summed E-state index contributed by atoms with van der Waals surface area (Å²) in [4.78, 5) is 22.2. The van der Waals surface area contributed by atoms with Crippen molar-refractivity contribution in [1.29, 1.82) is 0 Å². The van der Waals surface area contributed by atoms with E-state index in [9.17, 15) is 20.0 Å². The van der Waals surface area contributed by atoms with Crippen LogP contribution in [0.4, 0.5) is 5.69 Å². The van der Waals surface area contributed by atoms with Gasteiger partial charge in [0.15, 0.2) is 12.4 Å². The number of nitrogens with one attached hydrogen (secondary N) is 1. The first-order valence-corrected chi connectivity index (χ1v) is 8.54. The van der Waals surface area contributed by atoms with E-state index in [4.69, 9.17) is 4.74 Å². The Kier molecular flexibility index (Phi) is 6.50. The number of carbonyl (C=O) groups excluding carboxylic acids is 1. The second-order valence-electron chi connectivity index (χ2n) is 5.47. The Labute approximate surface area is 163 Å². The van der Waals surface area contributed by atoms with Crippen LogP contribution in [-0.2, 0) is 4.79 Å². The summed E-state index contributed by atoms with van der Waals surface area (Å²) in [5.74, 6) is -0.501. The zero-order valence-electron chi connectivity index (χ0n) is 14.0. The second kappa shape index (κ2) is 8.61. The molecule has 2 aromatic carbocycles. The molecule has 0 aliphatic heterocycles. The number of phenolic OH excluding ortho intramolecular Hbond substituents is 1. The average molecular weight is 469 g/mol. The minimum absolute atomic E-state index is 0.00520. The number of phenols is 1. The summed E-state index contributed by atoms with van der Waals surface area (Å²) in [6.07, 6.45) is 1.32. The van der Waals surface area contributed by atoms with E-state index in [0.717, 1.165) is 3.57 Å². The maximum Gasteiger partial charge on any atom is 0.311 e. The van der Waals surface area contributed by atoms with E-state index in [1.54, 1.807) is 26.0 Å². The third-order valence-corrected chi connectivity index (χ3v) is 3.98. The number of hydrazone groups is 1. The van der Waals surface area contributed by atoms with Gasteiger partial charge in [0.05, 0.1) is 11.1 Å². The largest absolute Gasteiger partial charge is 0.507 e. The van der Waals surface area contributed by atoms with Gasteiger partial charge in [-0.05, 0) is 65.8 Å². The average Bonchev–Trinajstić information content (AvgIpc) is 2.57. The molecule has 26 heavy (non-hydrogen) atoms. The van der Waals surface area contributed by atoms with Crippen LogP contribution in [0.15, 0.2) is 35.4 Å². The number of halogens is 1. The third kappa shape index (κ3) is 5.15. The summed E-state index contributed by atoms with van der Waals surface area (Å²) in [6, 6.07) is 7.99. The number of nitro groups is 1. The zero-order valence-corrected chi connectivity index (χ0v) is 16.2. The fraction of sp³-hybridized carbons (Fsp3) is 0.176. The predicted octanol–water partition coefficient (Wildman–Crippen LogP) is 3.05. The molecule has 0 aliphatic rings. The van der Waals surface area contributed by atoms with Crippen molar-refractivity contribution >= 4 is 40.4 Å². The van der Waals surface area contributed by atoms with Crippen molar-refractivity contribution in [3.05, 3.63) is 60.7 Å². The SMILES string of the molecule is Cc1ccc(OCC(=O)N/N=C\c2cc(I)cc(C)c2O)c([N+](=O)[O-])c1. The van der Waals surface area contributed by atoms with E-state index in [1.807, 2.05) is 6.07 Å². The van der Waals surface area contributed by atoms with Gasteiger partial charge in [-0.25, -0.2) is 5.43 Å². The third-order valence-electron chi connectivity index (χ3n) is 3.36. The molecule has 2 rings (SSSR count).